The zero-order valence-corrected chi connectivity index (χ0v) is 12.0. The Morgan fingerprint density at radius 3 is 3.00 bits per heavy atom. The molecule has 1 fully saturated rings. The third kappa shape index (κ3) is 2.63. The van der Waals surface area contributed by atoms with Crippen molar-refractivity contribution < 1.29 is 9.72 Å². The minimum absolute atomic E-state index is 0.0199. The van der Waals surface area contributed by atoms with Gasteiger partial charge in [0, 0.05) is 30.6 Å². The standard InChI is InChI=1S/C15H19N3O3/c1-10-8-12(4-6-16-10)15(19)17-7-5-11-2-3-13(18(20)21)9-14(11)17/h2-3,9-10,12,16H,4-8H2,1H3/t10-,12-/m0/s1. The number of piperidine rings is 1. The average molecular weight is 289 g/mol. The van der Waals surface area contributed by atoms with Crippen molar-refractivity contribution in [3.8, 4) is 0 Å². The molecule has 3 rings (SSSR count). The number of rotatable bonds is 2. The third-order valence-corrected chi connectivity index (χ3v) is 4.41. The first-order valence-electron chi connectivity index (χ1n) is 7.38. The number of anilines is 1. The molecule has 6 heteroatoms. The van der Waals surface area contributed by atoms with E-state index in [4.69, 9.17) is 0 Å². The van der Waals surface area contributed by atoms with Crippen LogP contribution >= 0.6 is 0 Å². The fourth-order valence-electron chi connectivity index (χ4n) is 3.29. The number of nitrogens with zero attached hydrogens (tertiary/aromatic N) is 2. The number of fused-ring (bicyclic) bond motifs is 1. The molecule has 0 unspecified atom stereocenters. The van der Waals surface area contributed by atoms with Gasteiger partial charge in [-0.15, -0.1) is 0 Å². The lowest BCUT2D eigenvalue weighted by Crippen LogP contribution is -2.43. The summed E-state index contributed by atoms with van der Waals surface area (Å²) in [5.74, 6) is 0.133. The van der Waals surface area contributed by atoms with Gasteiger partial charge in [-0.05, 0) is 38.3 Å². The highest BCUT2D eigenvalue weighted by Crippen LogP contribution is 2.33. The number of carbonyl (C=O) groups is 1. The molecule has 21 heavy (non-hydrogen) atoms. The summed E-state index contributed by atoms with van der Waals surface area (Å²) >= 11 is 0. The first-order valence-corrected chi connectivity index (χ1v) is 7.38. The molecule has 0 aromatic heterocycles. The van der Waals surface area contributed by atoms with E-state index >= 15 is 0 Å². The van der Waals surface area contributed by atoms with Gasteiger partial charge in [0.25, 0.3) is 5.69 Å². The van der Waals surface area contributed by atoms with Crippen LogP contribution in [0.2, 0.25) is 0 Å². The largest absolute Gasteiger partial charge is 0.314 e. The maximum atomic E-state index is 12.7. The highest BCUT2D eigenvalue weighted by atomic mass is 16.6. The van der Waals surface area contributed by atoms with E-state index in [0.29, 0.717) is 12.6 Å². The number of benzene rings is 1. The zero-order chi connectivity index (χ0) is 15.0. The van der Waals surface area contributed by atoms with Crippen LogP contribution in [-0.4, -0.2) is 30.0 Å². The SMILES string of the molecule is C[C@H]1C[C@@H](C(=O)N2CCc3ccc([N+](=O)[O-])cc32)CCN1. The highest BCUT2D eigenvalue weighted by Gasteiger charge is 2.33. The zero-order valence-electron chi connectivity index (χ0n) is 12.0. The van der Waals surface area contributed by atoms with Gasteiger partial charge in [0.2, 0.25) is 5.91 Å². The maximum Gasteiger partial charge on any atom is 0.271 e. The van der Waals surface area contributed by atoms with E-state index in [1.165, 1.54) is 12.1 Å². The van der Waals surface area contributed by atoms with Crippen LogP contribution in [0.1, 0.15) is 25.3 Å². The van der Waals surface area contributed by atoms with Crippen LogP contribution in [0.3, 0.4) is 0 Å². The van der Waals surface area contributed by atoms with Gasteiger partial charge in [0.1, 0.15) is 0 Å². The molecular weight excluding hydrogens is 270 g/mol. The van der Waals surface area contributed by atoms with Crippen LogP contribution in [0, 0.1) is 16.0 Å². The van der Waals surface area contributed by atoms with Crippen molar-refractivity contribution in [1.82, 2.24) is 5.32 Å². The van der Waals surface area contributed by atoms with E-state index in [1.54, 1.807) is 11.0 Å². The van der Waals surface area contributed by atoms with Crippen LogP contribution < -0.4 is 10.2 Å². The Morgan fingerprint density at radius 2 is 2.29 bits per heavy atom. The molecule has 0 radical (unpaired) electrons. The summed E-state index contributed by atoms with van der Waals surface area (Å²) < 4.78 is 0. The van der Waals surface area contributed by atoms with E-state index < -0.39 is 4.92 Å². The quantitative estimate of drug-likeness (QED) is 0.666. The van der Waals surface area contributed by atoms with E-state index in [-0.39, 0.29) is 17.5 Å². The smallest absolute Gasteiger partial charge is 0.271 e. The van der Waals surface area contributed by atoms with Crippen molar-refractivity contribution in [3.05, 3.63) is 33.9 Å². The number of nitrogens with one attached hydrogen (secondary N) is 1. The Labute approximate surface area is 123 Å². The molecule has 1 amide bonds. The van der Waals surface area contributed by atoms with E-state index in [1.807, 2.05) is 0 Å². The number of nitro groups is 1. The summed E-state index contributed by atoms with van der Waals surface area (Å²) in [5, 5.41) is 14.3. The Balaban J connectivity index is 1.84. The molecule has 1 N–H and O–H groups in total. The van der Waals surface area contributed by atoms with Gasteiger partial charge < -0.3 is 10.2 Å². The number of hydrogen-bond donors (Lipinski definition) is 1. The fourth-order valence-corrected chi connectivity index (χ4v) is 3.29. The number of amides is 1. The number of nitro benzene ring substituents is 1. The topological polar surface area (TPSA) is 75.5 Å². The van der Waals surface area contributed by atoms with E-state index in [9.17, 15) is 14.9 Å². The second-order valence-electron chi connectivity index (χ2n) is 5.89. The summed E-state index contributed by atoms with van der Waals surface area (Å²) in [6.45, 7) is 3.57. The molecule has 2 aliphatic heterocycles. The second-order valence-corrected chi connectivity index (χ2v) is 5.89. The Morgan fingerprint density at radius 1 is 1.48 bits per heavy atom. The minimum Gasteiger partial charge on any atom is -0.314 e. The molecule has 1 saturated heterocycles. The van der Waals surface area contributed by atoms with Crippen LogP contribution in [0.5, 0.6) is 0 Å². The van der Waals surface area contributed by atoms with Crippen molar-refractivity contribution in [2.75, 3.05) is 18.0 Å². The van der Waals surface area contributed by atoms with Gasteiger partial charge in [0.05, 0.1) is 10.6 Å². The molecule has 2 aliphatic rings. The normalized spacial score (nSPS) is 24.7. The van der Waals surface area contributed by atoms with Gasteiger partial charge >= 0.3 is 0 Å². The predicted octanol–water partition coefficient (Wildman–Crippen LogP) is 1.87. The molecule has 0 saturated carbocycles. The predicted molar refractivity (Wildman–Crippen MR) is 79.3 cm³/mol. The molecule has 6 nitrogen and oxygen atoms in total. The molecule has 0 spiro atoms. The lowest BCUT2D eigenvalue weighted by atomic mass is 9.92. The van der Waals surface area contributed by atoms with Gasteiger partial charge in [-0.1, -0.05) is 6.07 Å². The van der Waals surface area contributed by atoms with Crippen molar-refractivity contribution in [3.63, 3.8) is 0 Å². The van der Waals surface area contributed by atoms with Crippen LogP contribution in [0.25, 0.3) is 0 Å². The van der Waals surface area contributed by atoms with Crippen LogP contribution in [-0.2, 0) is 11.2 Å². The van der Waals surface area contributed by atoms with Crippen molar-refractivity contribution in [2.45, 2.75) is 32.2 Å². The van der Waals surface area contributed by atoms with Crippen molar-refractivity contribution in [2.24, 2.45) is 5.92 Å². The first kappa shape index (κ1) is 14.0. The Hall–Kier alpha value is -1.95. The van der Waals surface area contributed by atoms with Gasteiger partial charge in [-0.25, -0.2) is 0 Å². The third-order valence-electron chi connectivity index (χ3n) is 4.41. The van der Waals surface area contributed by atoms with E-state index in [0.717, 1.165) is 37.1 Å². The minimum atomic E-state index is -0.409. The van der Waals surface area contributed by atoms with E-state index in [2.05, 4.69) is 12.2 Å². The molecular formula is C15H19N3O3. The Bertz CT molecular complexity index is 588. The summed E-state index contributed by atoms with van der Waals surface area (Å²) in [7, 11) is 0. The lowest BCUT2D eigenvalue weighted by molar-refractivity contribution is -0.384. The Kier molecular flexibility index (Phi) is 3.63. The fraction of sp³-hybridized carbons (Fsp3) is 0.533. The molecule has 0 bridgehead atoms. The monoisotopic (exact) mass is 289 g/mol. The average Bonchev–Trinajstić information content (AvgIpc) is 2.89. The van der Waals surface area contributed by atoms with Gasteiger partial charge in [0.15, 0.2) is 0 Å². The van der Waals surface area contributed by atoms with Crippen LogP contribution in [0.4, 0.5) is 11.4 Å². The van der Waals surface area contributed by atoms with Gasteiger partial charge in [-0.3, -0.25) is 14.9 Å². The van der Waals surface area contributed by atoms with Crippen molar-refractivity contribution in [1.29, 1.82) is 0 Å². The maximum absolute atomic E-state index is 12.7. The lowest BCUT2D eigenvalue weighted by Gasteiger charge is -2.30. The van der Waals surface area contributed by atoms with Crippen LogP contribution in [0.15, 0.2) is 18.2 Å². The number of hydrogen-bond acceptors (Lipinski definition) is 4. The molecule has 0 aliphatic carbocycles. The molecule has 112 valence electrons. The van der Waals surface area contributed by atoms with Gasteiger partial charge in [-0.2, -0.15) is 0 Å². The summed E-state index contributed by atoms with van der Waals surface area (Å²) in [5.41, 5.74) is 1.79. The summed E-state index contributed by atoms with van der Waals surface area (Å²) in [6, 6.07) is 5.16. The number of non-ortho nitro benzene ring substituents is 1. The molecule has 2 heterocycles. The summed E-state index contributed by atoms with van der Waals surface area (Å²) in [6.07, 6.45) is 2.45. The molecule has 1 aromatic carbocycles. The molecule has 2 atom stereocenters. The number of carbonyl (C=O) groups excluding carboxylic acids is 1. The first-order chi connectivity index (χ1) is 10.1. The van der Waals surface area contributed by atoms with Crippen molar-refractivity contribution >= 4 is 17.3 Å². The summed E-state index contributed by atoms with van der Waals surface area (Å²) in [4.78, 5) is 25.0. The highest BCUT2D eigenvalue weighted by molar-refractivity contribution is 5.97. The second kappa shape index (κ2) is 5.44. The molecule has 1 aromatic rings.